The third kappa shape index (κ3) is 3.76. The fourth-order valence-corrected chi connectivity index (χ4v) is 3.36. The molecule has 1 fully saturated rings. The highest BCUT2D eigenvalue weighted by Crippen LogP contribution is 2.29. The third-order valence-electron chi connectivity index (χ3n) is 4.94. The van der Waals surface area contributed by atoms with Crippen molar-refractivity contribution in [3.63, 3.8) is 0 Å². The third-order valence-corrected chi connectivity index (χ3v) is 4.94. The van der Waals surface area contributed by atoms with Crippen molar-refractivity contribution < 1.29 is 17.9 Å². The number of aromatic nitrogens is 1. The van der Waals surface area contributed by atoms with E-state index in [0.29, 0.717) is 24.9 Å². The monoisotopic (exact) mass is 372 g/mol. The van der Waals surface area contributed by atoms with Gasteiger partial charge < -0.3 is 10.1 Å². The summed E-state index contributed by atoms with van der Waals surface area (Å²) in [5.74, 6) is -1.52. The number of nitrogens with one attached hydrogen (secondary N) is 1. The van der Waals surface area contributed by atoms with Gasteiger partial charge in [-0.25, -0.2) is 13.2 Å². The summed E-state index contributed by atoms with van der Waals surface area (Å²) in [6, 6.07) is 8.52. The van der Waals surface area contributed by atoms with Gasteiger partial charge in [0.1, 0.15) is 17.7 Å². The lowest BCUT2D eigenvalue weighted by molar-refractivity contribution is 0.0801. The summed E-state index contributed by atoms with van der Waals surface area (Å²) in [6.45, 7) is 2.28. The number of fused-ring (bicyclic) bond motifs is 1. The molecule has 0 atom stereocenters. The van der Waals surface area contributed by atoms with Crippen molar-refractivity contribution in [3.05, 3.63) is 71.3 Å². The van der Waals surface area contributed by atoms with E-state index < -0.39 is 11.6 Å². The predicted octanol–water partition coefficient (Wildman–Crippen LogP) is 4.66. The molecule has 0 aliphatic heterocycles. The minimum absolute atomic E-state index is 0.0583. The molecule has 0 radical (unpaired) electrons. The second kappa shape index (κ2) is 7.19. The van der Waals surface area contributed by atoms with Crippen molar-refractivity contribution in [3.8, 4) is 5.75 Å². The first-order valence-electron chi connectivity index (χ1n) is 8.88. The molecule has 1 heterocycles. The molecule has 0 amide bonds. The molecule has 6 heteroatoms. The van der Waals surface area contributed by atoms with Crippen LogP contribution in [0, 0.1) is 24.4 Å². The molecule has 1 aliphatic carbocycles. The minimum atomic E-state index is -0.701. The van der Waals surface area contributed by atoms with Gasteiger partial charge in [0, 0.05) is 41.5 Å². The van der Waals surface area contributed by atoms with Crippen molar-refractivity contribution >= 4 is 10.8 Å². The lowest BCUT2D eigenvalue weighted by Crippen LogP contribution is -2.46. The number of hydrogen-bond donors (Lipinski definition) is 1. The molecule has 0 saturated heterocycles. The van der Waals surface area contributed by atoms with Crippen molar-refractivity contribution in [1.29, 1.82) is 0 Å². The SMILES string of the molecule is Cc1cc2c(CNC3CC(Oc4ccc(F)cc4F)C3)c(F)ccc2cn1. The molecule has 0 spiro atoms. The van der Waals surface area contributed by atoms with Gasteiger partial charge >= 0.3 is 0 Å². The maximum Gasteiger partial charge on any atom is 0.167 e. The van der Waals surface area contributed by atoms with Gasteiger partial charge in [0.25, 0.3) is 0 Å². The summed E-state index contributed by atoms with van der Waals surface area (Å²) < 4.78 is 46.4. The van der Waals surface area contributed by atoms with Gasteiger partial charge in [-0.15, -0.1) is 0 Å². The van der Waals surface area contributed by atoms with Gasteiger partial charge in [0.2, 0.25) is 0 Å². The topological polar surface area (TPSA) is 34.1 Å². The molecule has 1 aliphatic rings. The van der Waals surface area contributed by atoms with Crippen LogP contribution in [0.15, 0.2) is 42.6 Å². The minimum Gasteiger partial charge on any atom is -0.487 e. The Labute approximate surface area is 155 Å². The predicted molar refractivity (Wildman–Crippen MR) is 97.1 cm³/mol. The van der Waals surface area contributed by atoms with Crippen LogP contribution < -0.4 is 10.1 Å². The van der Waals surface area contributed by atoms with Gasteiger partial charge in [-0.2, -0.15) is 0 Å². The molecule has 1 aromatic heterocycles. The van der Waals surface area contributed by atoms with Gasteiger partial charge in [-0.05, 0) is 55.5 Å². The molecule has 1 saturated carbocycles. The van der Waals surface area contributed by atoms with Crippen LogP contribution in [-0.4, -0.2) is 17.1 Å². The van der Waals surface area contributed by atoms with Gasteiger partial charge in [-0.1, -0.05) is 0 Å². The first kappa shape index (κ1) is 17.8. The maximum atomic E-state index is 14.3. The molecule has 1 N–H and O–H groups in total. The van der Waals surface area contributed by atoms with Crippen molar-refractivity contribution in [2.24, 2.45) is 0 Å². The Morgan fingerprint density at radius 2 is 1.89 bits per heavy atom. The molecular weight excluding hydrogens is 353 g/mol. The van der Waals surface area contributed by atoms with Crippen molar-refractivity contribution in [1.82, 2.24) is 10.3 Å². The largest absolute Gasteiger partial charge is 0.487 e. The van der Waals surface area contributed by atoms with E-state index in [1.807, 2.05) is 13.0 Å². The lowest BCUT2D eigenvalue weighted by Gasteiger charge is -2.36. The molecule has 3 aromatic rings. The van der Waals surface area contributed by atoms with Crippen LogP contribution in [0.5, 0.6) is 5.75 Å². The molecule has 0 unspecified atom stereocenters. The van der Waals surface area contributed by atoms with Gasteiger partial charge in [0.05, 0.1) is 0 Å². The van der Waals surface area contributed by atoms with Crippen LogP contribution in [0.4, 0.5) is 13.2 Å². The standard InChI is InChI=1S/C21H19F3N2O/c1-12-6-17-13(10-25-12)2-4-19(23)18(17)11-26-15-8-16(9-15)27-21-5-3-14(22)7-20(21)24/h2-7,10,15-16,26H,8-9,11H2,1H3. The zero-order valence-corrected chi connectivity index (χ0v) is 14.8. The Morgan fingerprint density at radius 1 is 1.07 bits per heavy atom. The van der Waals surface area contributed by atoms with E-state index in [0.717, 1.165) is 22.5 Å². The van der Waals surface area contributed by atoms with E-state index in [2.05, 4.69) is 10.3 Å². The fraction of sp³-hybridized carbons (Fsp3) is 0.286. The average Bonchev–Trinajstić information content (AvgIpc) is 2.60. The number of ether oxygens (including phenoxy) is 1. The molecule has 3 nitrogen and oxygen atoms in total. The summed E-state index contributed by atoms with van der Waals surface area (Å²) in [6.07, 6.45) is 2.98. The molecule has 140 valence electrons. The first-order chi connectivity index (χ1) is 13.0. The highest BCUT2D eigenvalue weighted by Gasteiger charge is 2.31. The van der Waals surface area contributed by atoms with Crippen LogP contribution in [0.3, 0.4) is 0 Å². The number of benzene rings is 2. The second-order valence-corrected chi connectivity index (χ2v) is 6.94. The zero-order chi connectivity index (χ0) is 19.0. The van der Waals surface area contributed by atoms with E-state index in [1.165, 1.54) is 18.2 Å². The number of rotatable bonds is 5. The Balaban J connectivity index is 1.37. The van der Waals surface area contributed by atoms with Crippen molar-refractivity contribution in [2.45, 2.75) is 38.5 Å². The smallest absolute Gasteiger partial charge is 0.167 e. The van der Waals surface area contributed by atoms with Crippen LogP contribution in [-0.2, 0) is 6.54 Å². The van der Waals surface area contributed by atoms with Gasteiger partial charge in [0.15, 0.2) is 11.6 Å². The van der Waals surface area contributed by atoms with Crippen LogP contribution in [0.1, 0.15) is 24.1 Å². The Hall–Kier alpha value is -2.60. The molecule has 0 bridgehead atoms. The summed E-state index contributed by atoms with van der Waals surface area (Å²) >= 11 is 0. The zero-order valence-electron chi connectivity index (χ0n) is 14.8. The summed E-state index contributed by atoms with van der Waals surface area (Å²) in [5.41, 5.74) is 1.46. The van der Waals surface area contributed by atoms with Gasteiger partial charge in [-0.3, -0.25) is 4.98 Å². The lowest BCUT2D eigenvalue weighted by atomic mass is 9.89. The first-order valence-corrected chi connectivity index (χ1v) is 8.88. The Bertz CT molecular complexity index is 981. The van der Waals surface area contributed by atoms with E-state index in [1.54, 1.807) is 12.3 Å². The van der Waals surface area contributed by atoms with Crippen LogP contribution in [0.25, 0.3) is 10.8 Å². The highest BCUT2D eigenvalue weighted by molar-refractivity contribution is 5.85. The normalized spacial score (nSPS) is 19.1. The number of hydrogen-bond acceptors (Lipinski definition) is 3. The molecule has 27 heavy (non-hydrogen) atoms. The number of pyridine rings is 1. The van der Waals surface area contributed by atoms with E-state index in [-0.39, 0.29) is 23.7 Å². The van der Waals surface area contributed by atoms with Crippen LogP contribution in [0.2, 0.25) is 0 Å². The van der Waals surface area contributed by atoms with Crippen LogP contribution >= 0.6 is 0 Å². The van der Waals surface area contributed by atoms with E-state index >= 15 is 0 Å². The number of nitrogens with zero attached hydrogens (tertiary/aromatic N) is 1. The molecular formula is C21H19F3N2O. The highest BCUT2D eigenvalue weighted by atomic mass is 19.1. The summed E-state index contributed by atoms with van der Waals surface area (Å²) in [7, 11) is 0. The van der Waals surface area contributed by atoms with Crippen molar-refractivity contribution in [2.75, 3.05) is 0 Å². The molecule has 4 rings (SSSR count). The average molecular weight is 372 g/mol. The van der Waals surface area contributed by atoms with E-state index in [9.17, 15) is 13.2 Å². The molecule has 2 aromatic carbocycles. The quantitative estimate of drug-likeness (QED) is 0.707. The number of halogens is 3. The fourth-order valence-electron chi connectivity index (χ4n) is 3.36. The van der Waals surface area contributed by atoms with E-state index in [4.69, 9.17) is 4.74 Å². The maximum absolute atomic E-state index is 14.3. The number of aryl methyl sites for hydroxylation is 1. The summed E-state index contributed by atoms with van der Waals surface area (Å²) in [4.78, 5) is 4.25. The Morgan fingerprint density at radius 3 is 2.67 bits per heavy atom. The second-order valence-electron chi connectivity index (χ2n) is 6.94. The Kier molecular flexibility index (Phi) is 4.74. The summed E-state index contributed by atoms with van der Waals surface area (Å²) in [5, 5.41) is 5.09.